The number of carbonyl (C=O) groups excluding carboxylic acids is 1. The molecule has 82 valence electrons. The minimum absolute atomic E-state index is 0.148. The van der Waals surface area contributed by atoms with E-state index in [9.17, 15) is 9.90 Å². The van der Waals surface area contributed by atoms with Gasteiger partial charge in [-0.25, -0.2) is 0 Å². The third-order valence-corrected chi connectivity index (χ3v) is 2.11. The number of carbonyl (C=O) groups is 1. The maximum Gasteiger partial charge on any atom is 0.306 e. The fraction of sp³-hybridized carbons (Fsp3) is 0.417. The highest BCUT2D eigenvalue weighted by molar-refractivity contribution is 5.69. The molecule has 15 heavy (non-hydrogen) atoms. The molecule has 0 unspecified atom stereocenters. The summed E-state index contributed by atoms with van der Waals surface area (Å²) in [6, 6.07) is 6.85. The maximum absolute atomic E-state index is 11.2. The van der Waals surface area contributed by atoms with Crippen molar-refractivity contribution in [2.45, 2.75) is 32.8 Å². The number of phenolic OH excluding ortho intramolecular Hbond substituents is 1. The number of hydrogen-bond donors (Lipinski definition) is 1. The highest BCUT2D eigenvalue weighted by atomic mass is 16.5. The second kappa shape index (κ2) is 6.06. The molecule has 0 aromatic heterocycles. The van der Waals surface area contributed by atoms with Gasteiger partial charge in [0.1, 0.15) is 12.4 Å². The van der Waals surface area contributed by atoms with Crippen molar-refractivity contribution in [3.05, 3.63) is 29.8 Å². The molecule has 3 heteroatoms. The second-order valence-corrected chi connectivity index (χ2v) is 3.39. The molecule has 0 bridgehead atoms. The Labute approximate surface area is 89.7 Å². The number of esters is 1. The average Bonchev–Trinajstić information content (AvgIpc) is 2.25. The lowest BCUT2D eigenvalue weighted by molar-refractivity contribution is -0.145. The fourth-order valence-electron chi connectivity index (χ4n) is 1.18. The lowest BCUT2D eigenvalue weighted by atomic mass is 10.2. The van der Waals surface area contributed by atoms with Crippen molar-refractivity contribution >= 4 is 5.97 Å². The summed E-state index contributed by atoms with van der Waals surface area (Å²) in [5.41, 5.74) is 0.641. The number of unbranched alkanes of at least 4 members (excludes halogenated alkanes) is 1. The van der Waals surface area contributed by atoms with Crippen LogP contribution in [0.3, 0.4) is 0 Å². The molecule has 1 N–H and O–H groups in total. The molecule has 0 saturated heterocycles. The first kappa shape index (κ1) is 11.6. The van der Waals surface area contributed by atoms with E-state index in [1.807, 2.05) is 6.92 Å². The van der Waals surface area contributed by atoms with Gasteiger partial charge >= 0.3 is 5.97 Å². The quantitative estimate of drug-likeness (QED) is 0.756. The molecule has 0 saturated carbocycles. The molecule has 0 fully saturated rings. The van der Waals surface area contributed by atoms with Gasteiger partial charge in [-0.05, 0) is 12.5 Å². The van der Waals surface area contributed by atoms with Crippen LogP contribution in [0.1, 0.15) is 31.7 Å². The summed E-state index contributed by atoms with van der Waals surface area (Å²) in [4.78, 5) is 11.2. The Morgan fingerprint density at radius 2 is 2.13 bits per heavy atom. The molecule has 1 rings (SSSR count). The van der Waals surface area contributed by atoms with Crippen LogP contribution in [-0.2, 0) is 16.1 Å². The zero-order chi connectivity index (χ0) is 11.1. The van der Waals surface area contributed by atoms with Crippen LogP contribution in [0, 0.1) is 0 Å². The Morgan fingerprint density at radius 3 is 2.80 bits per heavy atom. The number of benzene rings is 1. The molecule has 3 nitrogen and oxygen atoms in total. The van der Waals surface area contributed by atoms with Gasteiger partial charge in [0.05, 0.1) is 0 Å². The lowest BCUT2D eigenvalue weighted by Gasteiger charge is -2.05. The molecule has 0 amide bonds. The minimum Gasteiger partial charge on any atom is -0.508 e. The second-order valence-electron chi connectivity index (χ2n) is 3.39. The predicted molar refractivity (Wildman–Crippen MR) is 57.4 cm³/mol. The number of rotatable bonds is 5. The van der Waals surface area contributed by atoms with E-state index in [0.717, 1.165) is 12.8 Å². The van der Waals surface area contributed by atoms with Gasteiger partial charge in [0.25, 0.3) is 0 Å². The van der Waals surface area contributed by atoms with Gasteiger partial charge in [0.15, 0.2) is 0 Å². The van der Waals surface area contributed by atoms with Crippen LogP contribution in [0.25, 0.3) is 0 Å². The number of ether oxygens (including phenoxy) is 1. The summed E-state index contributed by atoms with van der Waals surface area (Å²) >= 11 is 0. The largest absolute Gasteiger partial charge is 0.508 e. The van der Waals surface area contributed by atoms with E-state index in [1.54, 1.807) is 24.3 Å². The van der Waals surface area contributed by atoms with Crippen molar-refractivity contribution in [2.75, 3.05) is 0 Å². The summed E-state index contributed by atoms with van der Waals surface area (Å²) in [7, 11) is 0. The monoisotopic (exact) mass is 208 g/mol. The standard InChI is InChI=1S/C12H16O3/c1-2-3-8-12(14)15-9-10-6-4-5-7-11(10)13/h4-7,13H,2-3,8-9H2,1H3. The molecule has 0 aliphatic rings. The zero-order valence-electron chi connectivity index (χ0n) is 8.90. The SMILES string of the molecule is CCCCC(=O)OCc1ccccc1O. The first-order valence-corrected chi connectivity index (χ1v) is 5.16. The molecular weight excluding hydrogens is 192 g/mol. The Hall–Kier alpha value is -1.51. The Balaban J connectivity index is 2.37. The van der Waals surface area contributed by atoms with Crippen molar-refractivity contribution in [3.8, 4) is 5.75 Å². The number of aromatic hydroxyl groups is 1. The van der Waals surface area contributed by atoms with E-state index in [4.69, 9.17) is 4.74 Å². The molecule has 0 heterocycles. The van der Waals surface area contributed by atoms with Crippen LogP contribution >= 0.6 is 0 Å². The van der Waals surface area contributed by atoms with E-state index in [1.165, 1.54) is 0 Å². The third kappa shape index (κ3) is 4.02. The molecule has 0 radical (unpaired) electrons. The molecule has 0 atom stereocenters. The first-order valence-electron chi connectivity index (χ1n) is 5.16. The topological polar surface area (TPSA) is 46.5 Å². The Morgan fingerprint density at radius 1 is 1.40 bits per heavy atom. The Bertz CT molecular complexity index is 320. The lowest BCUT2D eigenvalue weighted by Crippen LogP contribution is -2.04. The van der Waals surface area contributed by atoms with E-state index in [-0.39, 0.29) is 18.3 Å². The van der Waals surface area contributed by atoms with Gasteiger partial charge in [-0.15, -0.1) is 0 Å². The number of phenols is 1. The molecule has 1 aromatic rings. The number of para-hydroxylation sites is 1. The van der Waals surface area contributed by atoms with E-state index >= 15 is 0 Å². The summed E-state index contributed by atoms with van der Waals surface area (Å²) in [6.07, 6.45) is 2.27. The van der Waals surface area contributed by atoms with Crippen LogP contribution in [0.15, 0.2) is 24.3 Å². The molecule has 0 aliphatic heterocycles. The van der Waals surface area contributed by atoms with Gasteiger partial charge in [-0.1, -0.05) is 31.5 Å². The van der Waals surface area contributed by atoms with Gasteiger partial charge in [0, 0.05) is 12.0 Å². The van der Waals surface area contributed by atoms with Gasteiger partial charge < -0.3 is 9.84 Å². The number of hydrogen-bond acceptors (Lipinski definition) is 3. The third-order valence-electron chi connectivity index (χ3n) is 2.11. The van der Waals surface area contributed by atoms with E-state index in [2.05, 4.69) is 0 Å². The molecule has 0 spiro atoms. The molecular formula is C12H16O3. The molecule has 0 aliphatic carbocycles. The van der Waals surface area contributed by atoms with Crippen molar-refractivity contribution in [1.29, 1.82) is 0 Å². The van der Waals surface area contributed by atoms with Crippen LogP contribution in [0.5, 0.6) is 5.75 Å². The summed E-state index contributed by atoms with van der Waals surface area (Å²) in [5, 5.41) is 9.41. The zero-order valence-corrected chi connectivity index (χ0v) is 8.90. The summed E-state index contributed by atoms with van der Waals surface area (Å²) < 4.78 is 5.01. The fourth-order valence-corrected chi connectivity index (χ4v) is 1.18. The molecule has 1 aromatic carbocycles. The van der Waals surface area contributed by atoms with E-state index < -0.39 is 0 Å². The average molecular weight is 208 g/mol. The van der Waals surface area contributed by atoms with Crippen molar-refractivity contribution in [3.63, 3.8) is 0 Å². The highest BCUT2D eigenvalue weighted by Crippen LogP contribution is 2.16. The summed E-state index contributed by atoms with van der Waals surface area (Å²) in [6.45, 7) is 2.17. The van der Waals surface area contributed by atoms with Crippen LogP contribution in [0.2, 0.25) is 0 Å². The van der Waals surface area contributed by atoms with Gasteiger partial charge in [-0.3, -0.25) is 4.79 Å². The Kier molecular flexibility index (Phi) is 4.68. The summed E-state index contributed by atoms with van der Waals surface area (Å²) in [5.74, 6) is -0.0408. The van der Waals surface area contributed by atoms with Crippen molar-refractivity contribution in [1.82, 2.24) is 0 Å². The predicted octanol–water partition coefficient (Wildman–Crippen LogP) is 2.63. The van der Waals surface area contributed by atoms with Crippen molar-refractivity contribution < 1.29 is 14.6 Å². The van der Waals surface area contributed by atoms with Crippen LogP contribution in [-0.4, -0.2) is 11.1 Å². The first-order chi connectivity index (χ1) is 7.24. The van der Waals surface area contributed by atoms with E-state index in [0.29, 0.717) is 12.0 Å². The van der Waals surface area contributed by atoms with Crippen LogP contribution < -0.4 is 0 Å². The van der Waals surface area contributed by atoms with Crippen LogP contribution in [0.4, 0.5) is 0 Å². The normalized spacial score (nSPS) is 9.93. The van der Waals surface area contributed by atoms with Gasteiger partial charge in [0.2, 0.25) is 0 Å². The minimum atomic E-state index is -0.208. The van der Waals surface area contributed by atoms with Gasteiger partial charge in [-0.2, -0.15) is 0 Å². The van der Waals surface area contributed by atoms with Crippen molar-refractivity contribution in [2.24, 2.45) is 0 Å². The maximum atomic E-state index is 11.2. The smallest absolute Gasteiger partial charge is 0.306 e. The highest BCUT2D eigenvalue weighted by Gasteiger charge is 2.04.